The van der Waals surface area contributed by atoms with Gasteiger partial charge in [-0.3, -0.25) is 0 Å². The van der Waals surface area contributed by atoms with Crippen LogP contribution in [0.15, 0.2) is 60.7 Å². The van der Waals surface area contributed by atoms with Gasteiger partial charge in [0.1, 0.15) is 11.5 Å². The van der Waals surface area contributed by atoms with Gasteiger partial charge < -0.3 is 9.47 Å². The lowest BCUT2D eigenvalue weighted by atomic mass is 10.0. The van der Waals surface area contributed by atoms with Crippen LogP contribution in [0.25, 0.3) is 10.9 Å². The minimum absolute atomic E-state index is 0.282. The zero-order valence-corrected chi connectivity index (χ0v) is 19.6. The molecule has 0 radical (unpaired) electrons. The van der Waals surface area contributed by atoms with Gasteiger partial charge in [0.25, 0.3) is 0 Å². The lowest BCUT2D eigenvalue weighted by Gasteiger charge is -2.17. The smallest absolute Gasteiger partial charge is 0.325 e. The number of aryl methyl sites for hydroxylation is 2. The molecule has 0 aliphatic heterocycles. The molecule has 4 rings (SSSR count). The molecule has 4 aromatic rings. The van der Waals surface area contributed by atoms with Crippen molar-refractivity contribution in [3.8, 4) is 23.4 Å². The minimum Gasteiger partial charge on any atom is -0.438 e. The Labute approximate surface area is 190 Å². The van der Waals surface area contributed by atoms with E-state index in [2.05, 4.69) is 76.9 Å². The predicted molar refractivity (Wildman–Crippen MR) is 130 cm³/mol. The maximum absolute atomic E-state index is 6.41. The van der Waals surface area contributed by atoms with Gasteiger partial charge in [-0.1, -0.05) is 64.1 Å². The number of nitrogens with zero attached hydrogens (tertiary/aromatic N) is 2. The summed E-state index contributed by atoms with van der Waals surface area (Å²) in [5.74, 6) is 2.74. The topological polar surface area (TPSA) is 44.2 Å². The second-order valence-corrected chi connectivity index (χ2v) is 8.92. The van der Waals surface area contributed by atoms with E-state index in [1.807, 2.05) is 30.3 Å². The summed E-state index contributed by atoms with van der Waals surface area (Å²) in [5, 5.41) is 0.851. The third-order valence-corrected chi connectivity index (χ3v) is 5.54. The van der Waals surface area contributed by atoms with Crippen LogP contribution in [-0.4, -0.2) is 9.97 Å². The van der Waals surface area contributed by atoms with Gasteiger partial charge in [-0.05, 0) is 72.2 Å². The molecule has 4 nitrogen and oxygen atoms in total. The Morgan fingerprint density at radius 1 is 0.656 bits per heavy atom. The maximum Gasteiger partial charge on any atom is 0.325 e. The molecular formula is C28H30N2O2. The Morgan fingerprint density at radius 3 is 1.81 bits per heavy atom. The van der Waals surface area contributed by atoms with Gasteiger partial charge in [-0.2, -0.15) is 9.97 Å². The number of benzene rings is 3. The van der Waals surface area contributed by atoms with Crippen LogP contribution < -0.4 is 9.47 Å². The molecule has 0 aliphatic carbocycles. The van der Waals surface area contributed by atoms with Crippen LogP contribution in [-0.2, 0) is 0 Å². The van der Waals surface area contributed by atoms with Crippen molar-refractivity contribution in [1.82, 2.24) is 9.97 Å². The Hall–Kier alpha value is -3.40. The molecule has 0 saturated heterocycles. The molecule has 0 amide bonds. The molecule has 4 heteroatoms. The summed E-state index contributed by atoms with van der Waals surface area (Å²) in [5.41, 5.74) is 5.31. The molecule has 164 valence electrons. The number of rotatable bonds is 6. The molecule has 0 N–H and O–H groups in total. The summed E-state index contributed by atoms with van der Waals surface area (Å²) in [6.45, 7) is 12.7. The van der Waals surface area contributed by atoms with E-state index in [1.165, 1.54) is 0 Å². The number of hydrogen-bond donors (Lipinski definition) is 0. The van der Waals surface area contributed by atoms with Crippen molar-refractivity contribution in [2.24, 2.45) is 0 Å². The normalized spacial score (nSPS) is 11.4. The highest BCUT2D eigenvalue weighted by Gasteiger charge is 2.16. The van der Waals surface area contributed by atoms with E-state index in [0.29, 0.717) is 17.7 Å². The molecule has 0 atom stereocenters. The summed E-state index contributed by atoms with van der Waals surface area (Å²) in [6.07, 6.45) is 0. The fourth-order valence-corrected chi connectivity index (χ4v) is 3.77. The summed E-state index contributed by atoms with van der Waals surface area (Å²) in [6, 6.07) is 20.7. The van der Waals surface area contributed by atoms with Crippen molar-refractivity contribution in [2.45, 2.75) is 53.4 Å². The van der Waals surface area contributed by atoms with Crippen molar-refractivity contribution in [3.05, 3.63) is 82.9 Å². The quantitative estimate of drug-likeness (QED) is 0.312. The predicted octanol–water partition coefficient (Wildman–Crippen LogP) is 8.08. The molecule has 1 heterocycles. The van der Waals surface area contributed by atoms with Crippen molar-refractivity contribution < 1.29 is 9.47 Å². The number of para-hydroxylation sites is 1. The van der Waals surface area contributed by atoms with Crippen LogP contribution in [0, 0.1) is 13.8 Å². The Bertz CT molecular complexity index is 1260. The Kier molecular flexibility index (Phi) is 6.13. The number of fused-ring (bicyclic) bond motifs is 1. The van der Waals surface area contributed by atoms with E-state index in [1.54, 1.807) is 0 Å². The Balaban J connectivity index is 1.81. The molecule has 32 heavy (non-hydrogen) atoms. The fourth-order valence-electron chi connectivity index (χ4n) is 3.77. The first-order valence-electron chi connectivity index (χ1n) is 11.2. The molecule has 3 aromatic carbocycles. The van der Waals surface area contributed by atoms with E-state index in [-0.39, 0.29) is 6.01 Å². The maximum atomic E-state index is 6.41. The third-order valence-electron chi connectivity index (χ3n) is 5.54. The van der Waals surface area contributed by atoms with Gasteiger partial charge in [0.15, 0.2) is 0 Å². The van der Waals surface area contributed by atoms with Gasteiger partial charge in [0, 0.05) is 0 Å². The molecule has 1 aromatic heterocycles. The summed E-state index contributed by atoms with van der Waals surface area (Å²) < 4.78 is 12.7. The van der Waals surface area contributed by atoms with Crippen LogP contribution in [0.1, 0.15) is 61.8 Å². The third kappa shape index (κ3) is 4.59. The van der Waals surface area contributed by atoms with Gasteiger partial charge >= 0.3 is 6.01 Å². The van der Waals surface area contributed by atoms with E-state index < -0.39 is 0 Å². The minimum atomic E-state index is 0.282. The van der Waals surface area contributed by atoms with Crippen molar-refractivity contribution in [3.63, 3.8) is 0 Å². The number of aromatic nitrogens is 2. The molecule has 0 saturated carbocycles. The van der Waals surface area contributed by atoms with Crippen molar-refractivity contribution >= 4 is 10.9 Å². The molecule has 0 aliphatic rings. The van der Waals surface area contributed by atoms with Gasteiger partial charge in [0.05, 0.1) is 10.9 Å². The van der Waals surface area contributed by atoms with Crippen molar-refractivity contribution in [1.29, 1.82) is 0 Å². The van der Waals surface area contributed by atoms with Crippen LogP contribution in [0.3, 0.4) is 0 Å². The lowest BCUT2D eigenvalue weighted by Crippen LogP contribution is -2.01. The van der Waals surface area contributed by atoms with E-state index in [9.17, 15) is 0 Å². The first-order valence-corrected chi connectivity index (χ1v) is 11.2. The first-order chi connectivity index (χ1) is 15.3. The summed E-state index contributed by atoms with van der Waals surface area (Å²) in [7, 11) is 0. The van der Waals surface area contributed by atoms with Crippen LogP contribution in [0.5, 0.6) is 23.4 Å². The highest BCUT2D eigenvalue weighted by molar-refractivity contribution is 5.84. The average Bonchev–Trinajstić information content (AvgIpc) is 2.73. The van der Waals surface area contributed by atoms with Crippen LogP contribution in [0.4, 0.5) is 0 Å². The van der Waals surface area contributed by atoms with E-state index in [0.717, 1.165) is 44.7 Å². The molecule has 0 fully saturated rings. The zero-order chi connectivity index (χ0) is 22.8. The molecule has 0 bridgehead atoms. The summed E-state index contributed by atoms with van der Waals surface area (Å²) in [4.78, 5) is 9.36. The number of hydrogen-bond acceptors (Lipinski definition) is 4. The highest BCUT2D eigenvalue weighted by Crippen LogP contribution is 2.36. The molecular weight excluding hydrogens is 396 g/mol. The van der Waals surface area contributed by atoms with E-state index >= 15 is 0 Å². The fraction of sp³-hybridized carbons (Fsp3) is 0.286. The SMILES string of the molecule is Cc1ccc(C(C)C)c(Oc2nc(Oc3cc(C)ccc3C(C)C)c3ccccc3n2)c1. The number of ether oxygens (including phenoxy) is 2. The van der Waals surface area contributed by atoms with Crippen molar-refractivity contribution in [2.75, 3.05) is 0 Å². The molecule has 0 unspecified atom stereocenters. The van der Waals surface area contributed by atoms with E-state index in [4.69, 9.17) is 14.5 Å². The highest BCUT2D eigenvalue weighted by atomic mass is 16.5. The van der Waals surface area contributed by atoms with Gasteiger partial charge in [-0.25, -0.2) is 0 Å². The lowest BCUT2D eigenvalue weighted by molar-refractivity contribution is 0.410. The Morgan fingerprint density at radius 2 is 1.22 bits per heavy atom. The van der Waals surface area contributed by atoms with Gasteiger partial charge in [-0.15, -0.1) is 0 Å². The zero-order valence-electron chi connectivity index (χ0n) is 19.6. The second-order valence-electron chi connectivity index (χ2n) is 8.92. The molecule has 0 spiro atoms. The monoisotopic (exact) mass is 426 g/mol. The largest absolute Gasteiger partial charge is 0.438 e. The standard InChI is InChI=1S/C28H30N2O2/c1-17(2)21-13-11-19(5)15-25(21)31-27-23-9-7-8-10-24(23)29-28(30-27)32-26-16-20(6)12-14-22(26)18(3)4/h7-18H,1-6H3. The van der Waals surface area contributed by atoms with Gasteiger partial charge in [0.2, 0.25) is 5.88 Å². The van der Waals surface area contributed by atoms with Crippen LogP contribution >= 0.6 is 0 Å². The second kappa shape index (κ2) is 8.99. The first kappa shape index (κ1) is 21.8. The average molecular weight is 427 g/mol. The van der Waals surface area contributed by atoms with Crippen LogP contribution in [0.2, 0.25) is 0 Å². The summed E-state index contributed by atoms with van der Waals surface area (Å²) >= 11 is 0.